The molecule has 0 unspecified atom stereocenters. The zero-order valence-corrected chi connectivity index (χ0v) is 15.1. The van der Waals surface area contributed by atoms with E-state index < -0.39 is 0 Å². The summed E-state index contributed by atoms with van der Waals surface area (Å²) in [5.41, 5.74) is 5.52. The summed E-state index contributed by atoms with van der Waals surface area (Å²) in [5, 5.41) is 3.08. The molecule has 26 heavy (non-hydrogen) atoms. The summed E-state index contributed by atoms with van der Waals surface area (Å²) in [6.45, 7) is 5.63. The lowest BCUT2D eigenvalue weighted by Crippen LogP contribution is -2.44. The fraction of sp³-hybridized carbons (Fsp3) is 0.227. The highest BCUT2D eigenvalue weighted by molar-refractivity contribution is 5.90. The third-order valence-electron chi connectivity index (χ3n) is 5.17. The largest absolute Gasteiger partial charge is 0.348 e. The lowest BCUT2D eigenvalue weighted by Gasteiger charge is -2.37. The topological polar surface area (TPSA) is 37.3 Å². The zero-order chi connectivity index (χ0) is 18.1. The first-order valence-corrected chi connectivity index (χ1v) is 8.98. The predicted octanol–water partition coefficient (Wildman–Crippen LogP) is 4.74. The molecule has 2 aromatic carbocycles. The van der Waals surface area contributed by atoms with Crippen molar-refractivity contribution >= 4 is 11.7 Å². The molecule has 1 N–H and O–H groups in total. The average molecular weight is 345 g/mol. The number of aromatic nitrogens is 1. The smallest absolute Gasteiger partial charge is 0.322 e. The summed E-state index contributed by atoms with van der Waals surface area (Å²) < 4.78 is 2.23. The van der Waals surface area contributed by atoms with Crippen LogP contribution in [0.1, 0.15) is 28.4 Å². The Morgan fingerprint density at radius 1 is 0.962 bits per heavy atom. The Morgan fingerprint density at radius 3 is 2.54 bits per heavy atom. The molecule has 2 heterocycles. The van der Waals surface area contributed by atoms with Crippen LogP contribution in [0.5, 0.6) is 0 Å². The fourth-order valence-electron chi connectivity index (χ4n) is 3.60. The van der Waals surface area contributed by atoms with Gasteiger partial charge in [-0.25, -0.2) is 4.79 Å². The van der Waals surface area contributed by atoms with Crippen molar-refractivity contribution in [1.29, 1.82) is 0 Å². The Labute approximate surface area is 154 Å². The van der Waals surface area contributed by atoms with Gasteiger partial charge in [0.2, 0.25) is 0 Å². The van der Waals surface area contributed by atoms with Gasteiger partial charge in [0.05, 0.1) is 6.04 Å². The van der Waals surface area contributed by atoms with E-state index in [1.54, 1.807) is 0 Å². The zero-order valence-electron chi connectivity index (χ0n) is 15.1. The van der Waals surface area contributed by atoms with E-state index in [1.165, 1.54) is 11.1 Å². The number of anilines is 1. The molecule has 3 aromatic rings. The Kier molecular flexibility index (Phi) is 4.25. The molecule has 0 radical (unpaired) electrons. The molecule has 132 valence electrons. The third-order valence-corrected chi connectivity index (χ3v) is 5.17. The number of fused-ring (bicyclic) bond motifs is 1. The maximum absolute atomic E-state index is 13.1. The molecular formula is C22H23N3O. The Bertz CT molecular complexity index is 930. The number of nitrogens with zero attached hydrogens (tertiary/aromatic N) is 2. The van der Waals surface area contributed by atoms with Crippen molar-refractivity contribution in [2.75, 3.05) is 11.9 Å². The number of hydrogen-bond acceptors (Lipinski definition) is 1. The molecule has 4 nitrogen and oxygen atoms in total. The Balaban J connectivity index is 1.65. The molecule has 0 spiro atoms. The molecule has 0 saturated carbocycles. The maximum Gasteiger partial charge on any atom is 0.322 e. The number of aryl methyl sites for hydroxylation is 2. The highest BCUT2D eigenvalue weighted by Crippen LogP contribution is 2.32. The van der Waals surface area contributed by atoms with Crippen LogP contribution in [-0.2, 0) is 6.54 Å². The van der Waals surface area contributed by atoms with Crippen molar-refractivity contribution in [2.24, 2.45) is 0 Å². The molecule has 1 atom stereocenters. The normalized spacial score (nSPS) is 16.2. The van der Waals surface area contributed by atoms with Gasteiger partial charge in [-0.1, -0.05) is 36.4 Å². The Hall–Kier alpha value is -3.01. The molecule has 4 rings (SSSR count). The lowest BCUT2D eigenvalue weighted by atomic mass is 10.0. The van der Waals surface area contributed by atoms with Crippen molar-refractivity contribution in [3.05, 3.63) is 89.2 Å². The first-order valence-electron chi connectivity index (χ1n) is 8.98. The van der Waals surface area contributed by atoms with Gasteiger partial charge in [0.1, 0.15) is 0 Å². The van der Waals surface area contributed by atoms with E-state index in [0.717, 1.165) is 23.5 Å². The molecular weight excluding hydrogens is 322 g/mol. The second kappa shape index (κ2) is 6.71. The summed E-state index contributed by atoms with van der Waals surface area (Å²) in [5.74, 6) is 0. The highest BCUT2D eigenvalue weighted by Gasteiger charge is 2.32. The van der Waals surface area contributed by atoms with Gasteiger partial charge in [-0.05, 0) is 54.8 Å². The number of rotatable bonds is 2. The lowest BCUT2D eigenvalue weighted by molar-refractivity contribution is 0.182. The molecule has 0 aliphatic carbocycles. The summed E-state index contributed by atoms with van der Waals surface area (Å²) >= 11 is 0. The average Bonchev–Trinajstić information content (AvgIpc) is 3.13. The van der Waals surface area contributed by atoms with E-state index in [9.17, 15) is 4.79 Å². The van der Waals surface area contributed by atoms with Crippen molar-refractivity contribution in [3.8, 4) is 0 Å². The number of hydrogen-bond donors (Lipinski definition) is 1. The number of urea groups is 1. The van der Waals surface area contributed by atoms with Gasteiger partial charge in [0, 0.05) is 30.7 Å². The number of benzene rings is 2. The van der Waals surface area contributed by atoms with Gasteiger partial charge in [-0.15, -0.1) is 0 Å². The van der Waals surface area contributed by atoms with Crippen molar-refractivity contribution in [3.63, 3.8) is 0 Å². The van der Waals surface area contributed by atoms with Crippen molar-refractivity contribution in [2.45, 2.75) is 26.4 Å². The number of nitrogens with one attached hydrogen (secondary N) is 1. The number of amides is 2. The van der Waals surface area contributed by atoms with Crippen LogP contribution in [-0.4, -0.2) is 22.0 Å². The van der Waals surface area contributed by atoms with Gasteiger partial charge in [0.15, 0.2) is 0 Å². The quantitative estimate of drug-likeness (QED) is 0.715. The first-order chi connectivity index (χ1) is 12.6. The molecule has 0 bridgehead atoms. The van der Waals surface area contributed by atoms with Gasteiger partial charge in [-0.3, -0.25) is 0 Å². The van der Waals surface area contributed by atoms with Crippen LogP contribution in [0.2, 0.25) is 0 Å². The van der Waals surface area contributed by atoms with Crippen LogP contribution in [0.4, 0.5) is 10.5 Å². The van der Waals surface area contributed by atoms with Gasteiger partial charge in [-0.2, -0.15) is 0 Å². The van der Waals surface area contributed by atoms with Gasteiger partial charge >= 0.3 is 6.03 Å². The summed E-state index contributed by atoms with van der Waals surface area (Å²) in [6, 6.07) is 20.3. The number of carbonyl (C=O) groups excluding carboxylic acids is 1. The van der Waals surface area contributed by atoms with Crippen molar-refractivity contribution in [1.82, 2.24) is 9.47 Å². The molecule has 0 saturated heterocycles. The van der Waals surface area contributed by atoms with Crippen LogP contribution in [0.25, 0.3) is 0 Å². The van der Waals surface area contributed by atoms with Crippen LogP contribution in [0.3, 0.4) is 0 Å². The monoisotopic (exact) mass is 345 g/mol. The maximum atomic E-state index is 13.1. The standard InChI is InChI=1S/C22H23N3O/c1-16-10-11-19(15-17(16)2)23-22(26)25-14-13-24-12-6-9-20(24)21(25)18-7-4-3-5-8-18/h3-12,15,21H,13-14H2,1-2H3,(H,23,26)/t21-/m0/s1. The van der Waals surface area contributed by atoms with Gasteiger partial charge < -0.3 is 14.8 Å². The second-order valence-corrected chi connectivity index (χ2v) is 6.86. The van der Waals surface area contributed by atoms with Crippen molar-refractivity contribution < 1.29 is 4.79 Å². The third kappa shape index (κ3) is 2.99. The molecule has 4 heteroatoms. The minimum atomic E-state index is -0.0773. The molecule has 0 fully saturated rings. The SMILES string of the molecule is Cc1ccc(NC(=O)N2CCn3cccc3[C@@H]2c2ccccc2)cc1C. The minimum Gasteiger partial charge on any atom is -0.348 e. The summed E-state index contributed by atoms with van der Waals surface area (Å²) in [6.07, 6.45) is 2.09. The van der Waals surface area contributed by atoms with Gasteiger partial charge in [0.25, 0.3) is 0 Å². The van der Waals surface area contributed by atoms with E-state index in [2.05, 4.69) is 54.2 Å². The predicted molar refractivity (Wildman–Crippen MR) is 104 cm³/mol. The van der Waals surface area contributed by atoms with Crippen LogP contribution in [0, 0.1) is 13.8 Å². The van der Waals surface area contributed by atoms with E-state index in [4.69, 9.17) is 0 Å². The molecule has 1 aromatic heterocycles. The molecule has 1 aliphatic heterocycles. The summed E-state index contributed by atoms with van der Waals surface area (Å²) in [7, 11) is 0. The van der Waals surface area contributed by atoms with E-state index in [1.807, 2.05) is 41.3 Å². The second-order valence-electron chi connectivity index (χ2n) is 6.86. The molecule has 2 amide bonds. The summed E-state index contributed by atoms with van der Waals surface area (Å²) in [4.78, 5) is 15.0. The Morgan fingerprint density at radius 2 is 1.77 bits per heavy atom. The minimum absolute atomic E-state index is 0.0606. The van der Waals surface area contributed by atoms with Crippen LogP contribution < -0.4 is 5.32 Å². The number of carbonyl (C=O) groups is 1. The fourth-order valence-corrected chi connectivity index (χ4v) is 3.60. The van der Waals surface area contributed by atoms with E-state index in [0.29, 0.717) is 6.54 Å². The highest BCUT2D eigenvalue weighted by atomic mass is 16.2. The van der Waals surface area contributed by atoms with E-state index in [-0.39, 0.29) is 12.1 Å². The van der Waals surface area contributed by atoms with E-state index >= 15 is 0 Å². The van der Waals surface area contributed by atoms with Crippen LogP contribution >= 0.6 is 0 Å². The first kappa shape index (κ1) is 16.5. The molecule has 1 aliphatic rings. The van der Waals surface area contributed by atoms with Crippen LogP contribution in [0.15, 0.2) is 66.9 Å².